The number of nitrogens with zero attached hydrogens (tertiary/aromatic N) is 4. The van der Waals surface area contributed by atoms with Crippen LogP contribution in [0.1, 0.15) is 5.56 Å². The summed E-state index contributed by atoms with van der Waals surface area (Å²) in [6.45, 7) is 0. The third-order valence-corrected chi connectivity index (χ3v) is 5.44. The van der Waals surface area contributed by atoms with Crippen LogP contribution in [0, 0.1) is 0 Å². The fraction of sp³-hybridized carbons (Fsp3) is 0.136. The number of halogens is 3. The predicted molar refractivity (Wildman–Crippen MR) is 128 cm³/mol. The Morgan fingerprint density at radius 1 is 1.11 bits per heavy atom. The van der Waals surface area contributed by atoms with Crippen molar-refractivity contribution in [3.05, 3.63) is 60.2 Å². The van der Waals surface area contributed by atoms with E-state index in [1.807, 2.05) is 0 Å². The molecule has 0 fully saturated rings. The van der Waals surface area contributed by atoms with Crippen LogP contribution in [0.2, 0.25) is 0 Å². The lowest BCUT2D eigenvalue weighted by molar-refractivity contribution is -0.137. The van der Waals surface area contributed by atoms with Crippen LogP contribution in [0.15, 0.2) is 59.8 Å². The first-order valence-corrected chi connectivity index (χ1v) is 11.3. The second-order valence-corrected chi connectivity index (χ2v) is 8.16. The maximum Gasteiger partial charge on any atom is 0.416 e. The summed E-state index contributed by atoms with van der Waals surface area (Å²) in [7, 11) is 1.54. The van der Waals surface area contributed by atoms with Gasteiger partial charge in [0.15, 0.2) is 11.0 Å². The molecule has 10 nitrogen and oxygen atoms in total. The van der Waals surface area contributed by atoms with Crippen LogP contribution in [-0.4, -0.2) is 43.9 Å². The molecule has 0 bridgehead atoms. The Balaban J connectivity index is 1.42. The number of ether oxygens (including phenoxy) is 1. The average Bonchev–Trinajstić information content (AvgIpc) is 3.30. The van der Waals surface area contributed by atoms with Gasteiger partial charge in [-0.25, -0.2) is 4.98 Å². The van der Waals surface area contributed by atoms with Gasteiger partial charge in [0, 0.05) is 24.4 Å². The fourth-order valence-electron chi connectivity index (χ4n) is 2.89. The molecule has 0 aliphatic rings. The number of aromatic nitrogens is 5. The first-order chi connectivity index (χ1) is 17.2. The van der Waals surface area contributed by atoms with Crippen LogP contribution in [0.5, 0.6) is 11.6 Å². The number of hydrogen-bond donors (Lipinski definition) is 4. The summed E-state index contributed by atoms with van der Waals surface area (Å²) < 4.78 is 44.5. The van der Waals surface area contributed by atoms with Crippen LogP contribution >= 0.6 is 11.8 Å². The van der Waals surface area contributed by atoms with Crippen LogP contribution in [-0.2, 0) is 11.0 Å². The van der Waals surface area contributed by atoms with Gasteiger partial charge in [0.05, 0.1) is 11.3 Å². The van der Waals surface area contributed by atoms with Crippen LogP contribution in [0.3, 0.4) is 0 Å². The van der Waals surface area contributed by atoms with Gasteiger partial charge in [0.2, 0.25) is 17.7 Å². The van der Waals surface area contributed by atoms with Crippen molar-refractivity contribution in [1.29, 1.82) is 0 Å². The molecule has 4 aromatic rings. The Morgan fingerprint density at radius 2 is 1.89 bits per heavy atom. The number of benzene rings is 2. The summed E-state index contributed by atoms with van der Waals surface area (Å²) in [4.78, 5) is 24.0. The first-order valence-electron chi connectivity index (χ1n) is 10.3. The number of amides is 1. The molecule has 1 amide bonds. The maximum atomic E-state index is 12.9. The normalized spacial score (nSPS) is 11.2. The van der Waals surface area contributed by atoms with Crippen molar-refractivity contribution in [2.75, 3.05) is 23.9 Å². The number of nitrogens with one attached hydrogen (secondary N) is 3. The lowest BCUT2D eigenvalue weighted by atomic mass is 10.2. The molecule has 2 aromatic heterocycles. The monoisotopic (exact) mass is 516 g/mol. The van der Waals surface area contributed by atoms with E-state index in [1.54, 1.807) is 24.3 Å². The van der Waals surface area contributed by atoms with E-state index in [0.717, 1.165) is 23.9 Å². The highest BCUT2D eigenvalue weighted by Gasteiger charge is 2.30. The van der Waals surface area contributed by atoms with E-state index in [1.165, 1.54) is 25.2 Å². The number of nitrogens with two attached hydrogens (primary N) is 1. The standard InChI is InChI=1S/C22H19F3N8O2S/c1-27-17(34)11-36-21-29-16(26)10-18(30-21)35-15-7-5-12(6-8-15)19-31-20(33-32-19)28-14-4-2-3-13(9-14)22(23,24)25/h2-10H,11H2,1H3,(H,27,34)(H2,26,29,30)(H2,28,31,32,33). The summed E-state index contributed by atoms with van der Waals surface area (Å²) in [5.74, 6) is 1.33. The number of H-pyrrole nitrogens is 1. The second-order valence-electron chi connectivity index (χ2n) is 7.21. The summed E-state index contributed by atoms with van der Waals surface area (Å²) in [5.41, 5.74) is 5.90. The Hall–Kier alpha value is -4.33. The largest absolute Gasteiger partial charge is 0.439 e. The molecule has 0 aliphatic heterocycles. The molecule has 4 rings (SSSR count). The van der Waals surface area contributed by atoms with E-state index in [0.29, 0.717) is 22.3 Å². The number of nitrogen functional groups attached to an aromatic ring is 1. The third kappa shape index (κ3) is 6.41. The van der Waals surface area contributed by atoms with E-state index >= 15 is 0 Å². The minimum absolute atomic E-state index is 0.114. The lowest BCUT2D eigenvalue weighted by Gasteiger charge is -2.08. The van der Waals surface area contributed by atoms with Crippen molar-refractivity contribution < 1.29 is 22.7 Å². The Kier molecular flexibility index (Phi) is 7.24. The Labute approximate surface area is 206 Å². The van der Waals surface area contributed by atoms with Gasteiger partial charge in [0.25, 0.3) is 0 Å². The topological polar surface area (TPSA) is 144 Å². The molecular formula is C22H19F3N8O2S. The number of hydrogen-bond acceptors (Lipinski definition) is 9. The molecular weight excluding hydrogens is 497 g/mol. The van der Waals surface area contributed by atoms with Crippen LogP contribution in [0.4, 0.5) is 30.6 Å². The van der Waals surface area contributed by atoms with Gasteiger partial charge in [-0.3, -0.25) is 9.89 Å². The van der Waals surface area contributed by atoms with Crippen molar-refractivity contribution in [2.24, 2.45) is 0 Å². The van der Waals surface area contributed by atoms with Crippen molar-refractivity contribution in [3.8, 4) is 23.0 Å². The quantitative estimate of drug-likeness (QED) is 0.200. The summed E-state index contributed by atoms with van der Waals surface area (Å²) in [5, 5.41) is 12.3. The zero-order valence-electron chi connectivity index (χ0n) is 18.6. The van der Waals surface area contributed by atoms with Gasteiger partial charge in [-0.05, 0) is 42.5 Å². The number of carbonyl (C=O) groups is 1. The first kappa shape index (κ1) is 24.8. The Bertz CT molecular complexity index is 1360. The van der Waals surface area contributed by atoms with Gasteiger partial charge < -0.3 is 21.1 Å². The average molecular weight is 517 g/mol. The molecule has 2 aromatic carbocycles. The number of anilines is 3. The molecule has 36 heavy (non-hydrogen) atoms. The van der Waals surface area contributed by atoms with E-state index in [2.05, 4.69) is 35.8 Å². The van der Waals surface area contributed by atoms with Crippen LogP contribution in [0.25, 0.3) is 11.4 Å². The van der Waals surface area contributed by atoms with E-state index < -0.39 is 11.7 Å². The molecule has 5 N–H and O–H groups in total. The number of alkyl halides is 3. The highest BCUT2D eigenvalue weighted by Crippen LogP contribution is 2.31. The van der Waals surface area contributed by atoms with Gasteiger partial charge >= 0.3 is 6.18 Å². The number of carbonyl (C=O) groups excluding carboxylic acids is 1. The van der Waals surface area contributed by atoms with Crippen LogP contribution < -0.4 is 21.1 Å². The molecule has 0 spiro atoms. The molecule has 0 atom stereocenters. The van der Waals surface area contributed by atoms with Crippen molar-refractivity contribution in [3.63, 3.8) is 0 Å². The molecule has 0 saturated carbocycles. The second kappa shape index (κ2) is 10.5. The zero-order valence-corrected chi connectivity index (χ0v) is 19.4. The molecule has 14 heteroatoms. The zero-order chi connectivity index (χ0) is 25.7. The van der Waals surface area contributed by atoms with Crippen molar-refractivity contribution in [1.82, 2.24) is 30.5 Å². The fourth-order valence-corrected chi connectivity index (χ4v) is 3.62. The maximum absolute atomic E-state index is 12.9. The number of rotatable bonds is 8. The van der Waals surface area contributed by atoms with Crippen molar-refractivity contribution in [2.45, 2.75) is 11.3 Å². The molecule has 2 heterocycles. The molecule has 0 aliphatic carbocycles. The van der Waals surface area contributed by atoms with Gasteiger partial charge in [-0.15, -0.1) is 5.10 Å². The van der Waals surface area contributed by atoms with Crippen molar-refractivity contribution >= 4 is 35.1 Å². The number of thioether (sulfide) groups is 1. The predicted octanol–water partition coefficient (Wildman–Crippen LogP) is 4.24. The highest BCUT2D eigenvalue weighted by molar-refractivity contribution is 7.99. The van der Waals surface area contributed by atoms with Gasteiger partial charge in [-0.1, -0.05) is 17.8 Å². The number of aromatic amines is 1. The Morgan fingerprint density at radius 3 is 2.61 bits per heavy atom. The SMILES string of the molecule is CNC(=O)CSc1nc(N)cc(Oc2ccc(-c3nc(Nc4cccc(C(F)(F)F)c4)n[nH]3)cc2)n1. The lowest BCUT2D eigenvalue weighted by Crippen LogP contribution is -2.19. The van der Waals surface area contributed by atoms with E-state index in [9.17, 15) is 18.0 Å². The summed E-state index contributed by atoms with van der Waals surface area (Å²) in [6.07, 6.45) is -4.45. The molecule has 0 unspecified atom stereocenters. The molecule has 186 valence electrons. The van der Waals surface area contributed by atoms with E-state index in [4.69, 9.17) is 10.5 Å². The minimum Gasteiger partial charge on any atom is -0.439 e. The summed E-state index contributed by atoms with van der Waals surface area (Å²) in [6, 6.07) is 13.0. The minimum atomic E-state index is -4.45. The summed E-state index contributed by atoms with van der Waals surface area (Å²) >= 11 is 1.12. The molecule has 0 saturated heterocycles. The smallest absolute Gasteiger partial charge is 0.416 e. The van der Waals surface area contributed by atoms with Gasteiger partial charge in [-0.2, -0.15) is 23.1 Å². The van der Waals surface area contributed by atoms with E-state index in [-0.39, 0.29) is 35.0 Å². The van der Waals surface area contributed by atoms with Gasteiger partial charge in [0.1, 0.15) is 11.6 Å². The molecule has 0 radical (unpaired) electrons. The third-order valence-electron chi connectivity index (χ3n) is 4.59. The highest BCUT2D eigenvalue weighted by atomic mass is 32.2.